The van der Waals surface area contributed by atoms with E-state index in [9.17, 15) is 4.79 Å². The fraction of sp³-hybridized carbons (Fsp3) is 0.318. The van der Waals surface area contributed by atoms with Crippen LogP contribution in [0.5, 0.6) is 11.5 Å². The highest BCUT2D eigenvalue weighted by atomic mass is 16.5. The summed E-state index contributed by atoms with van der Waals surface area (Å²) in [7, 11) is 3.21. The first kappa shape index (κ1) is 19.9. The van der Waals surface area contributed by atoms with E-state index < -0.39 is 0 Å². The maximum absolute atomic E-state index is 12.6. The normalized spacial score (nSPS) is 15.9. The molecule has 0 saturated carbocycles. The summed E-state index contributed by atoms with van der Waals surface area (Å²) in [6.45, 7) is 1.16. The first-order valence-electron chi connectivity index (χ1n) is 9.79. The molecule has 1 amide bonds. The third-order valence-corrected chi connectivity index (χ3v) is 5.26. The van der Waals surface area contributed by atoms with Crippen LogP contribution >= 0.6 is 0 Å². The molecule has 1 fully saturated rings. The molecule has 1 aliphatic rings. The molecule has 3 N–H and O–H groups in total. The van der Waals surface area contributed by atoms with E-state index in [4.69, 9.17) is 19.9 Å². The summed E-state index contributed by atoms with van der Waals surface area (Å²) >= 11 is 0. The Kier molecular flexibility index (Phi) is 5.67. The van der Waals surface area contributed by atoms with Gasteiger partial charge in [0, 0.05) is 29.7 Å². The number of nitrogens with two attached hydrogens (primary N) is 1. The highest BCUT2D eigenvalue weighted by molar-refractivity contribution is 6.07. The predicted octanol–water partition coefficient (Wildman–Crippen LogP) is 2.81. The first-order valence-corrected chi connectivity index (χ1v) is 9.79. The standard InChI is InChI=1S/C22H24N4O4/c1-28-13-8-9-18(29-2)17(11-13)15-6-3-7-16-19(23)21(26-25-20(15)16)22(27)24-12-14-5-4-10-30-14/h3,6-9,11,14H,4-5,10,12H2,1-2H3,(H2,23,25)(H,24,27). The molecule has 2 heterocycles. The average Bonchev–Trinajstić information content (AvgIpc) is 3.31. The van der Waals surface area contributed by atoms with E-state index in [0.717, 1.165) is 30.6 Å². The van der Waals surface area contributed by atoms with E-state index in [1.165, 1.54) is 0 Å². The van der Waals surface area contributed by atoms with Gasteiger partial charge in [-0.1, -0.05) is 18.2 Å². The third-order valence-electron chi connectivity index (χ3n) is 5.26. The van der Waals surface area contributed by atoms with Crippen molar-refractivity contribution in [3.05, 3.63) is 42.1 Å². The monoisotopic (exact) mass is 408 g/mol. The maximum atomic E-state index is 12.6. The molecule has 1 aliphatic heterocycles. The Morgan fingerprint density at radius 1 is 1.20 bits per heavy atom. The van der Waals surface area contributed by atoms with Crippen molar-refractivity contribution in [2.75, 3.05) is 33.1 Å². The van der Waals surface area contributed by atoms with E-state index in [0.29, 0.717) is 28.9 Å². The van der Waals surface area contributed by atoms with Gasteiger partial charge in [-0.25, -0.2) is 0 Å². The second-order valence-electron chi connectivity index (χ2n) is 7.08. The lowest BCUT2D eigenvalue weighted by Crippen LogP contribution is -2.33. The predicted molar refractivity (Wildman–Crippen MR) is 114 cm³/mol. The molecule has 4 rings (SSSR count). The second kappa shape index (κ2) is 8.54. The third kappa shape index (κ3) is 3.73. The van der Waals surface area contributed by atoms with Crippen LogP contribution in [0.15, 0.2) is 36.4 Å². The molecule has 156 valence electrons. The number of nitrogen functional groups attached to an aromatic ring is 1. The Bertz CT molecular complexity index is 1080. The number of nitrogens with one attached hydrogen (secondary N) is 1. The van der Waals surface area contributed by atoms with Crippen molar-refractivity contribution in [3.8, 4) is 22.6 Å². The van der Waals surface area contributed by atoms with Gasteiger partial charge in [0.15, 0.2) is 5.69 Å². The van der Waals surface area contributed by atoms with Gasteiger partial charge in [0.05, 0.1) is 26.0 Å². The lowest BCUT2D eigenvalue weighted by molar-refractivity contribution is 0.0854. The highest BCUT2D eigenvalue weighted by Crippen LogP contribution is 2.37. The van der Waals surface area contributed by atoms with E-state index in [-0.39, 0.29) is 23.4 Å². The van der Waals surface area contributed by atoms with Crippen molar-refractivity contribution in [3.63, 3.8) is 0 Å². The summed E-state index contributed by atoms with van der Waals surface area (Å²) in [6, 6.07) is 11.1. The number of rotatable bonds is 6. The zero-order valence-corrected chi connectivity index (χ0v) is 17.0. The highest BCUT2D eigenvalue weighted by Gasteiger charge is 2.21. The molecule has 8 nitrogen and oxygen atoms in total. The SMILES string of the molecule is COc1ccc(OC)c(-c2cccc3c(N)c(C(=O)NCC4CCCO4)nnc23)c1. The van der Waals surface area contributed by atoms with Crippen LogP contribution in [0.4, 0.5) is 5.69 Å². The van der Waals surface area contributed by atoms with Gasteiger partial charge in [0.1, 0.15) is 17.0 Å². The summed E-state index contributed by atoms with van der Waals surface area (Å²) in [5, 5.41) is 12.0. The van der Waals surface area contributed by atoms with Gasteiger partial charge < -0.3 is 25.3 Å². The van der Waals surface area contributed by atoms with Crippen molar-refractivity contribution in [2.45, 2.75) is 18.9 Å². The first-order chi connectivity index (χ1) is 14.6. The average molecular weight is 408 g/mol. The van der Waals surface area contributed by atoms with E-state index >= 15 is 0 Å². The molecule has 0 spiro atoms. The van der Waals surface area contributed by atoms with Crippen molar-refractivity contribution in [2.24, 2.45) is 0 Å². The number of carbonyl (C=O) groups excluding carboxylic acids is 1. The number of amides is 1. The Balaban J connectivity index is 1.71. The molecule has 3 aromatic rings. The molecule has 8 heteroatoms. The fourth-order valence-corrected chi connectivity index (χ4v) is 3.66. The van der Waals surface area contributed by atoms with Crippen LogP contribution in [0.3, 0.4) is 0 Å². The zero-order chi connectivity index (χ0) is 21.1. The van der Waals surface area contributed by atoms with Crippen molar-refractivity contribution < 1.29 is 19.0 Å². The number of carbonyl (C=O) groups is 1. The number of nitrogens with zero attached hydrogens (tertiary/aromatic N) is 2. The zero-order valence-electron chi connectivity index (χ0n) is 17.0. The van der Waals surface area contributed by atoms with Crippen LogP contribution in [-0.4, -0.2) is 49.6 Å². The Hall–Kier alpha value is -3.39. The molecule has 1 saturated heterocycles. The van der Waals surface area contributed by atoms with Gasteiger partial charge in [-0.15, -0.1) is 10.2 Å². The van der Waals surface area contributed by atoms with E-state index in [2.05, 4.69) is 15.5 Å². The maximum Gasteiger partial charge on any atom is 0.274 e. The van der Waals surface area contributed by atoms with Crippen LogP contribution in [0.25, 0.3) is 22.0 Å². The Morgan fingerprint density at radius 3 is 2.80 bits per heavy atom. The van der Waals surface area contributed by atoms with Gasteiger partial charge >= 0.3 is 0 Å². The quantitative estimate of drug-likeness (QED) is 0.645. The number of hydrogen-bond acceptors (Lipinski definition) is 7. The van der Waals surface area contributed by atoms with Gasteiger partial charge in [0.2, 0.25) is 0 Å². The summed E-state index contributed by atoms with van der Waals surface area (Å²) in [4.78, 5) is 12.6. The number of aromatic nitrogens is 2. The molecular formula is C22H24N4O4. The molecule has 30 heavy (non-hydrogen) atoms. The molecule has 0 aliphatic carbocycles. The van der Waals surface area contributed by atoms with Crippen molar-refractivity contribution >= 4 is 22.5 Å². The van der Waals surface area contributed by atoms with Gasteiger partial charge in [-0.3, -0.25) is 4.79 Å². The van der Waals surface area contributed by atoms with Gasteiger partial charge in [-0.2, -0.15) is 0 Å². The molecule has 0 radical (unpaired) electrons. The Morgan fingerprint density at radius 2 is 2.07 bits per heavy atom. The number of hydrogen-bond donors (Lipinski definition) is 2. The second-order valence-corrected chi connectivity index (χ2v) is 7.08. The van der Waals surface area contributed by atoms with Gasteiger partial charge in [0.25, 0.3) is 5.91 Å². The number of benzene rings is 2. The molecule has 1 unspecified atom stereocenters. The van der Waals surface area contributed by atoms with Crippen LogP contribution in [0, 0.1) is 0 Å². The summed E-state index contributed by atoms with van der Waals surface area (Å²) in [5.41, 5.74) is 8.88. The minimum atomic E-state index is -0.359. The number of ether oxygens (including phenoxy) is 3. The molecule has 2 aromatic carbocycles. The summed E-state index contributed by atoms with van der Waals surface area (Å²) < 4.78 is 16.4. The number of anilines is 1. The molecule has 1 aromatic heterocycles. The van der Waals surface area contributed by atoms with Crippen molar-refractivity contribution in [1.29, 1.82) is 0 Å². The topological polar surface area (TPSA) is 109 Å². The minimum absolute atomic E-state index is 0.0377. The van der Waals surface area contributed by atoms with Crippen LogP contribution in [-0.2, 0) is 4.74 Å². The largest absolute Gasteiger partial charge is 0.497 e. The van der Waals surface area contributed by atoms with Crippen molar-refractivity contribution in [1.82, 2.24) is 15.5 Å². The molecule has 0 bridgehead atoms. The lowest BCUT2D eigenvalue weighted by atomic mass is 10.00. The van der Waals surface area contributed by atoms with Crippen LogP contribution in [0.1, 0.15) is 23.3 Å². The van der Waals surface area contributed by atoms with Crippen LogP contribution in [0.2, 0.25) is 0 Å². The van der Waals surface area contributed by atoms with Gasteiger partial charge in [-0.05, 0) is 31.0 Å². The number of methoxy groups -OCH3 is 2. The summed E-state index contributed by atoms with van der Waals surface area (Å²) in [6.07, 6.45) is 1.98. The molecule has 1 atom stereocenters. The lowest BCUT2D eigenvalue weighted by Gasteiger charge is -2.14. The fourth-order valence-electron chi connectivity index (χ4n) is 3.66. The van der Waals surface area contributed by atoms with E-state index in [1.54, 1.807) is 14.2 Å². The molecular weight excluding hydrogens is 384 g/mol. The summed E-state index contributed by atoms with van der Waals surface area (Å²) in [5.74, 6) is 0.998. The number of fused-ring (bicyclic) bond motifs is 1. The Labute approximate surface area is 174 Å². The minimum Gasteiger partial charge on any atom is -0.497 e. The smallest absolute Gasteiger partial charge is 0.274 e. The van der Waals surface area contributed by atoms with E-state index in [1.807, 2.05) is 36.4 Å². The van der Waals surface area contributed by atoms with Crippen LogP contribution < -0.4 is 20.5 Å².